The van der Waals surface area contributed by atoms with Crippen LogP contribution >= 0.6 is 0 Å². The van der Waals surface area contributed by atoms with Crippen LogP contribution in [0.4, 0.5) is 10.2 Å². The Hall–Kier alpha value is -2.62. The summed E-state index contributed by atoms with van der Waals surface area (Å²) in [4.78, 5) is 12.8. The molecule has 4 rings (SSSR count). The van der Waals surface area contributed by atoms with Crippen molar-refractivity contribution in [2.45, 2.75) is 31.4 Å². The average molecular weight is 359 g/mol. The Morgan fingerprint density at radius 1 is 1.27 bits per heavy atom. The van der Waals surface area contributed by atoms with Crippen molar-refractivity contribution in [1.82, 2.24) is 19.5 Å². The van der Waals surface area contributed by atoms with Crippen LogP contribution in [0.25, 0.3) is 11.2 Å². The molecular formula is C17H18FN5O3. The Balaban J connectivity index is 1.53. The van der Waals surface area contributed by atoms with E-state index in [0.29, 0.717) is 30.1 Å². The van der Waals surface area contributed by atoms with Crippen molar-refractivity contribution in [2.75, 3.05) is 11.9 Å². The van der Waals surface area contributed by atoms with Crippen LogP contribution in [-0.2, 0) is 17.8 Å². The van der Waals surface area contributed by atoms with Gasteiger partial charge in [0.25, 0.3) is 0 Å². The molecule has 3 atom stereocenters. The van der Waals surface area contributed by atoms with Gasteiger partial charge in [0, 0.05) is 6.54 Å². The molecule has 136 valence electrons. The normalized spacial score (nSPS) is 22.8. The number of imidazole rings is 1. The smallest absolute Gasteiger partial charge is 0.165 e. The highest BCUT2D eigenvalue weighted by molar-refractivity contribution is 5.82. The number of hydrogen-bond acceptors (Lipinski definition) is 7. The lowest BCUT2D eigenvalue weighted by molar-refractivity contribution is 0.0157. The number of nitrogens with zero attached hydrogens (tertiary/aromatic N) is 4. The van der Waals surface area contributed by atoms with Gasteiger partial charge < -0.3 is 24.8 Å². The molecule has 1 aliphatic heterocycles. The van der Waals surface area contributed by atoms with Crippen LogP contribution in [0.2, 0.25) is 0 Å². The van der Waals surface area contributed by atoms with Gasteiger partial charge in [0.05, 0.1) is 19.5 Å². The number of anilines is 1. The highest BCUT2D eigenvalue weighted by Gasteiger charge is 2.35. The Bertz CT molecular complexity index is 918. The zero-order valence-electron chi connectivity index (χ0n) is 13.8. The van der Waals surface area contributed by atoms with Gasteiger partial charge in [-0.2, -0.15) is 0 Å². The molecule has 3 aromatic rings. The molecule has 3 heterocycles. The van der Waals surface area contributed by atoms with Crippen LogP contribution in [0.3, 0.4) is 0 Å². The molecule has 8 nitrogen and oxygen atoms in total. The molecule has 0 radical (unpaired) electrons. The van der Waals surface area contributed by atoms with E-state index in [1.54, 1.807) is 17.0 Å². The van der Waals surface area contributed by atoms with Gasteiger partial charge in [-0.15, -0.1) is 0 Å². The van der Waals surface area contributed by atoms with E-state index in [0.717, 1.165) is 5.56 Å². The predicted molar refractivity (Wildman–Crippen MR) is 90.8 cm³/mol. The second kappa shape index (κ2) is 6.94. The van der Waals surface area contributed by atoms with Gasteiger partial charge in [-0.3, -0.25) is 0 Å². The standard InChI is InChI=1S/C17H18FN5O3/c18-11-3-1-2-10(4-11)5-19-16-14-17(21-8-20-16)23(9-22-14)6-13-15(25)12(24)7-26-13/h1-4,8-9,12-13,15,24-25H,5-7H2,(H,19,20,21). The maximum absolute atomic E-state index is 13.3. The first-order valence-electron chi connectivity index (χ1n) is 8.23. The molecular weight excluding hydrogens is 341 g/mol. The molecule has 1 aliphatic rings. The third-order valence-corrected chi connectivity index (χ3v) is 4.38. The first kappa shape index (κ1) is 16.8. The number of nitrogens with one attached hydrogen (secondary N) is 1. The summed E-state index contributed by atoms with van der Waals surface area (Å²) in [6.07, 6.45) is 0.650. The lowest BCUT2D eigenvalue weighted by Crippen LogP contribution is -2.32. The molecule has 26 heavy (non-hydrogen) atoms. The molecule has 3 unspecified atom stereocenters. The van der Waals surface area contributed by atoms with Crippen LogP contribution in [0.1, 0.15) is 5.56 Å². The zero-order valence-corrected chi connectivity index (χ0v) is 13.8. The number of aromatic nitrogens is 4. The minimum absolute atomic E-state index is 0.105. The van der Waals surface area contributed by atoms with E-state index in [9.17, 15) is 14.6 Å². The van der Waals surface area contributed by atoms with E-state index in [-0.39, 0.29) is 12.4 Å². The second-order valence-electron chi connectivity index (χ2n) is 6.20. The summed E-state index contributed by atoms with van der Waals surface area (Å²) in [7, 11) is 0. The van der Waals surface area contributed by atoms with Gasteiger partial charge in [0.2, 0.25) is 0 Å². The summed E-state index contributed by atoms with van der Waals surface area (Å²) in [5, 5.41) is 22.7. The van der Waals surface area contributed by atoms with Crippen LogP contribution in [-0.4, -0.2) is 54.7 Å². The van der Waals surface area contributed by atoms with E-state index in [1.165, 1.54) is 18.5 Å². The molecule has 1 saturated heterocycles. The number of fused-ring (bicyclic) bond motifs is 1. The summed E-state index contributed by atoms with van der Waals surface area (Å²) >= 11 is 0. The predicted octanol–water partition coefficient (Wildman–Crippen LogP) is 0.698. The van der Waals surface area contributed by atoms with Gasteiger partial charge in [0.15, 0.2) is 11.5 Å². The first-order valence-corrected chi connectivity index (χ1v) is 8.23. The topological polar surface area (TPSA) is 105 Å². The molecule has 9 heteroatoms. The molecule has 0 saturated carbocycles. The number of aliphatic hydroxyl groups is 2. The first-order chi connectivity index (χ1) is 12.6. The highest BCUT2D eigenvalue weighted by Crippen LogP contribution is 2.21. The summed E-state index contributed by atoms with van der Waals surface area (Å²) in [6, 6.07) is 6.31. The van der Waals surface area contributed by atoms with Crippen molar-refractivity contribution < 1.29 is 19.3 Å². The fourth-order valence-electron chi connectivity index (χ4n) is 3.00. The molecule has 1 fully saturated rings. The Morgan fingerprint density at radius 2 is 2.15 bits per heavy atom. The van der Waals surface area contributed by atoms with Crippen LogP contribution in [0.5, 0.6) is 0 Å². The van der Waals surface area contributed by atoms with E-state index < -0.39 is 18.3 Å². The van der Waals surface area contributed by atoms with Gasteiger partial charge in [-0.25, -0.2) is 19.3 Å². The maximum Gasteiger partial charge on any atom is 0.165 e. The lowest BCUT2D eigenvalue weighted by Gasteiger charge is -2.15. The molecule has 1 aromatic carbocycles. The van der Waals surface area contributed by atoms with Crippen molar-refractivity contribution in [3.8, 4) is 0 Å². The van der Waals surface area contributed by atoms with E-state index in [4.69, 9.17) is 4.74 Å². The van der Waals surface area contributed by atoms with E-state index in [2.05, 4.69) is 20.3 Å². The quantitative estimate of drug-likeness (QED) is 0.616. The Labute approximate surface area is 148 Å². The monoisotopic (exact) mass is 359 g/mol. The minimum Gasteiger partial charge on any atom is -0.388 e. The molecule has 0 bridgehead atoms. The summed E-state index contributed by atoms with van der Waals surface area (Å²) in [5.41, 5.74) is 1.93. The number of ether oxygens (including phenoxy) is 1. The lowest BCUT2D eigenvalue weighted by atomic mass is 10.1. The van der Waals surface area contributed by atoms with E-state index in [1.807, 2.05) is 6.07 Å². The number of aliphatic hydroxyl groups excluding tert-OH is 2. The van der Waals surface area contributed by atoms with Gasteiger partial charge >= 0.3 is 0 Å². The van der Waals surface area contributed by atoms with Crippen molar-refractivity contribution in [3.63, 3.8) is 0 Å². The average Bonchev–Trinajstić information content (AvgIpc) is 3.19. The number of halogens is 1. The van der Waals surface area contributed by atoms with Crippen molar-refractivity contribution in [2.24, 2.45) is 0 Å². The fraction of sp³-hybridized carbons (Fsp3) is 0.353. The van der Waals surface area contributed by atoms with Crippen molar-refractivity contribution >= 4 is 17.0 Å². The molecule has 0 amide bonds. The second-order valence-corrected chi connectivity index (χ2v) is 6.20. The highest BCUT2D eigenvalue weighted by atomic mass is 19.1. The Kier molecular flexibility index (Phi) is 4.49. The summed E-state index contributed by atoms with van der Waals surface area (Å²) in [6.45, 7) is 0.816. The van der Waals surface area contributed by atoms with Crippen molar-refractivity contribution in [1.29, 1.82) is 0 Å². The third-order valence-electron chi connectivity index (χ3n) is 4.38. The number of benzene rings is 1. The molecule has 2 aromatic heterocycles. The zero-order chi connectivity index (χ0) is 18.1. The summed E-state index contributed by atoms with van der Waals surface area (Å²) in [5.74, 6) is 0.240. The molecule has 3 N–H and O–H groups in total. The van der Waals surface area contributed by atoms with Crippen LogP contribution in [0, 0.1) is 5.82 Å². The fourth-order valence-corrected chi connectivity index (χ4v) is 3.00. The van der Waals surface area contributed by atoms with Crippen LogP contribution in [0.15, 0.2) is 36.9 Å². The van der Waals surface area contributed by atoms with E-state index >= 15 is 0 Å². The number of rotatable bonds is 5. The van der Waals surface area contributed by atoms with Gasteiger partial charge in [-0.05, 0) is 17.7 Å². The van der Waals surface area contributed by atoms with Gasteiger partial charge in [0.1, 0.15) is 36.0 Å². The summed E-state index contributed by atoms with van der Waals surface area (Å²) < 4.78 is 20.4. The number of hydrogen-bond donors (Lipinski definition) is 3. The minimum atomic E-state index is -0.945. The molecule has 0 aliphatic carbocycles. The largest absolute Gasteiger partial charge is 0.388 e. The van der Waals surface area contributed by atoms with Crippen LogP contribution < -0.4 is 5.32 Å². The van der Waals surface area contributed by atoms with Crippen molar-refractivity contribution in [3.05, 3.63) is 48.3 Å². The SMILES string of the molecule is OC1COC(Cn2cnc3c(NCc4cccc(F)c4)ncnc32)C1O. The maximum atomic E-state index is 13.3. The van der Waals surface area contributed by atoms with Gasteiger partial charge in [-0.1, -0.05) is 12.1 Å². The third kappa shape index (κ3) is 3.24. The Morgan fingerprint density at radius 3 is 2.92 bits per heavy atom. The molecule has 0 spiro atoms.